The van der Waals surface area contributed by atoms with Crippen molar-refractivity contribution in [1.29, 1.82) is 0 Å². The molecule has 1 heterocycles. The van der Waals surface area contributed by atoms with Crippen molar-refractivity contribution in [3.05, 3.63) is 53.9 Å². The number of ether oxygens (including phenoxy) is 1. The zero-order chi connectivity index (χ0) is 17.7. The van der Waals surface area contributed by atoms with Gasteiger partial charge >= 0.3 is 6.09 Å². The fourth-order valence-electron chi connectivity index (χ4n) is 4.24. The van der Waals surface area contributed by atoms with E-state index in [-0.39, 0.29) is 17.0 Å². The van der Waals surface area contributed by atoms with E-state index >= 15 is 0 Å². The van der Waals surface area contributed by atoms with Gasteiger partial charge in [0, 0.05) is 17.2 Å². The van der Waals surface area contributed by atoms with Gasteiger partial charge < -0.3 is 10.1 Å². The van der Waals surface area contributed by atoms with Crippen molar-refractivity contribution < 1.29 is 9.53 Å². The number of carbonyl (C=O) groups excluding carboxylic acids is 1. The van der Waals surface area contributed by atoms with Crippen LogP contribution in [0.2, 0.25) is 0 Å². The number of benzene rings is 1. The van der Waals surface area contributed by atoms with Gasteiger partial charge in [-0.2, -0.15) is 5.10 Å². The number of hydrogen-bond donors (Lipinski definition) is 1. The summed E-state index contributed by atoms with van der Waals surface area (Å²) in [6.45, 7) is 6.45. The first-order valence-corrected chi connectivity index (χ1v) is 8.86. The third kappa shape index (κ3) is 3.03. The van der Waals surface area contributed by atoms with E-state index in [2.05, 4.69) is 28.7 Å². The second-order valence-electron chi connectivity index (χ2n) is 8.63. The molecule has 0 atom stereocenters. The van der Waals surface area contributed by atoms with Crippen LogP contribution < -0.4 is 5.32 Å². The van der Waals surface area contributed by atoms with E-state index in [0.717, 1.165) is 25.8 Å². The number of hydrogen-bond acceptors (Lipinski definition) is 3. The number of alkyl carbamates (subject to hydrolysis) is 1. The van der Waals surface area contributed by atoms with Gasteiger partial charge in [-0.05, 0) is 51.2 Å². The Morgan fingerprint density at radius 2 is 1.92 bits per heavy atom. The highest BCUT2D eigenvalue weighted by Gasteiger charge is 2.69. The highest BCUT2D eigenvalue weighted by atomic mass is 16.6. The van der Waals surface area contributed by atoms with E-state index < -0.39 is 5.60 Å². The van der Waals surface area contributed by atoms with E-state index in [0.29, 0.717) is 0 Å². The summed E-state index contributed by atoms with van der Waals surface area (Å²) in [6.07, 6.45) is 6.78. The minimum atomic E-state index is -0.454. The van der Waals surface area contributed by atoms with E-state index in [1.165, 1.54) is 11.1 Å². The van der Waals surface area contributed by atoms with E-state index in [9.17, 15) is 4.79 Å². The Bertz CT molecular complexity index is 769. The molecular weight excluding hydrogens is 314 g/mol. The fraction of sp³-hybridized carbons (Fsp3) is 0.500. The summed E-state index contributed by atoms with van der Waals surface area (Å²) in [6, 6.07) is 10.3. The van der Waals surface area contributed by atoms with Gasteiger partial charge in [0.05, 0.1) is 12.7 Å². The lowest BCUT2D eigenvalue weighted by Crippen LogP contribution is -2.76. The Labute approximate surface area is 148 Å². The van der Waals surface area contributed by atoms with Crippen LogP contribution in [0.5, 0.6) is 0 Å². The van der Waals surface area contributed by atoms with Crippen LogP contribution in [0, 0.1) is 0 Å². The molecule has 132 valence electrons. The molecule has 3 saturated carbocycles. The zero-order valence-electron chi connectivity index (χ0n) is 15.1. The molecule has 0 spiro atoms. The second-order valence-corrected chi connectivity index (χ2v) is 8.63. The molecule has 5 nitrogen and oxygen atoms in total. The molecule has 3 fully saturated rings. The van der Waals surface area contributed by atoms with Gasteiger partial charge in [-0.3, -0.25) is 4.68 Å². The highest BCUT2D eigenvalue weighted by molar-refractivity contribution is 5.70. The summed E-state index contributed by atoms with van der Waals surface area (Å²) < 4.78 is 7.38. The summed E-state index contributed by atoms with van der Waals surface area (Å²) in [5.41, 5.74) is 2.21. The number of rotatable bonds is 4. The van der Waals surface area contributed by atoms with Crippen LogP contribution in [0.3, 0.4) is 0 Å². The Morgan fingerprint density at radius 3 is 2.56 bits per heavy atom. The van der Waals surface area contributed by atoms with Gasteiger partial charge in [0.25, 0.3) is 0 Å². The van der Waals surface area contributed by atoms with E-state index in [4.69, 9.17) is 4.74 Å². The average molecular weight is 339 g/mol. The third-order valence-corrected chi connectivity index (χ3v) is 5.23. The minimum Gasteiger partial charge on any atom is -0.444 e. The normalized spacial score (nSPS) is 27.2. The first-order valence-electron chi connectivity index (χ1n) is 8.86. The molecule has 5 heteroatoms. The molecule has 0 radical (unpaired) electrons. The van der Waals surface area contributed by atoms with E-state index in [1.807, 2.05) is 49.8 Å². The van der Waals surface area contributed by atoms with Gasteiger partial charge in [-0.25, -0.2) is 4.79 Å². The molecule has 0 saturated heterocycles. The minimum absolute atomic E-state index is 0.0656. The molecule has 0 aliphatic heterocycles. The standard InChI is InChI=1S/C20H25N3O2/c1-18(2,3)25-17(24)22-20-12-19(13-20,14-20)16-9-21-23(11-16)10-15-7-5-4-6-8-15/h4-9,11H,10,12-14H2,1-3H3,(H,22,24). The number of nitrogens with one attached hydrogen (secondary N) is 1. The maximum atomic E-state index is 12.0. The highest BCUT2D eigenvalue weighted by Crippen LogP contribution is 2.67. The molecule has 0 unspecified atom stereocenters. The number of nitrogens with zero attached hydrogens (tertiary/aromatic N) is 2. The molecule has 5 rings (SSSR count). The van der Waals surface area contributed by atoms with Crippen molar-refractivity contribution in [1.82, 2.24) is 15.1 Å². The lowest BCUT2D eigenvalue weighted by molar-refractivity contribution is -0.0884. The lowest BCUT2D eigenvalue weighted by Gasteiger charge is -2.70. The number of aromatic nitrogens is 2. The maximum Gasteiger partial charge on any atom is 0.408 e. The smallest absolute Gasteiger partial charge is 0.408 e. The molecule has 2 bridgehead atoms. The molecule has 1 N–H and O–H groups in total. The van der Waals surface area contributed by atoms with Crippen molar-refractivity contribution in [2.24, 2.45) is 0 Å². The first-order chi connectivity index (χ1) is 11.8. The SMILES string of the molecule is CC(C)(C)OC(=O)NC12CC(c3cnn(Cc4ccccc4)c3)(C1)C2. The van der Waals surface area contributed by atoms with Gasteiger partial charge in [0.2, 0.25) is 0 Å². The van der Waals surface area contributed by atoms with Crippen LogP contribution >= 0.6 is 0 Å². The van der Waals surface area contributed by atoms with E-state index in [1.54, 1.807) is 0 Å². The topological polar surface area (TPSA) is 56.1 Å². The van der Waals surface area contributed by atoms with Crippen LogP contribution in [0.25, 0.3) is 0 Å². The van der Waals surface area contributed by atoms with Crippen LogP contribution in [-0.4, -0.2) is 27.0 Å². The summed E-state index contributed by atoms with van der Waals surface area (Å²) in [5, 5.41) is 7.59. The van der Waals surface area contributed by atoms with Gasteiger partial charge in [0.1, 0.15) is 5.60 Å². The second kappa shape index (κ2) is 5.35. The molecular formula is C20H25N3O2. The van der Waals surface area contributed by atoms with Gasteiger partial charge in [0.15, 0.2) is 0 Å². The molecule has 25 heavy (non-hydrogen) atoms. The molecule has 1 aromatic carbocycles. The Morgan fingerprint density at radius 1 is 1.24 bits per heavy atom. The first kappa shape index (κ1) is 16.2. The molecule has 1 aromatic heterocycles. The molecule has 1 amide bonds. The van der Waals surface area contributed by atoms with Crippen molar-refractivity contribution in [2.45, 2.75) is 63.1 Å². The number of carbonyl (C=O) groups is 1. The molecule has 3 aliphatic rings. The quantitative estimate of drug-likeness (QED) is 0.925. The van der Waals surface area contributed by atoms with Gasteiger partial charge in [-0.15, -0.1) is 0 Å². The van der Waals surface area contributed by atoms with Crippen molar-refractivity contribution in [3.63, 3.8) is 0 Å². The van der Waals surface area contributed by atoms with Crippen molar-refractivity contribution >= 4 is 6.09 Å². The predicted molar refractivity (Wildman–Crippen MR) is 95.4 cm³/mol. The predicted octanol–water partition coefficient (Wildman–Crippen LogP) is 3.63. The summed E-state index contributed by atoms with van der Waals surface area (Å²) >= 11 is 0. The largest absolute Gasteiger partial charge is 0.444 e. The summed E-state index contributed by atoms with van der Waals surface area (Å²) in [7, 11) is 0. The van der Waals surface area contributed by atoms with Gasteiger partial charge in [-0.1, -0.05) is 30.3 Å². The third-order valence-electron chi connectivity index (χ3n) is 5.23. The Hall–Kier alpha value is -2.30. The summed E-state index contributed by atoms with van der Waals surface area (Å²) in [5.74, 6) is 0. The van der Waals surface area contributed by atoms with Crippen LogP contribution in [0.4, 0.5) is 4.79 Å². The fourth-order valence-corrected chi connectivity index (χ4v) is 4.24. The molecule has 2 aromatic rings. The Kier molecular flexibility index (Phi) is 3.46. The molecule has 3 aliphatic carbocycles. The average Bonchev–Trinajstić information content (AvgIpc) is 2.88. The maximum absolute atomic E-state index is 12.0. The zero-order valence-corrected chi connectivity index (χ0v) is 15.1. The van der Waals surface area contributed by atoms with Crippen molar-refractivity contribution in [3.8, 4) is 0 Å². The number of amides is 1. The van der Waals surface area contributed by atoms with Crippen molar-refractivity contribution in [2.75, 3.05) is 0 Å². The lowest BCUT2D eigenvalue weighted by atomic mass is 9.38. The monoisotopic (exact) mass is 339 g/mol. The van der Waals surface area contributed by atoms with Crippen LogP contribution in [0.15, 0.2) is 42.7 Å². The summed E-state index contributed by atoms with van der Waals surface area (Å²) in [4.78, 5) is 12.0. The Balaban J connectivity index is 1.35. The van der Waals surface area contributed by atoms with Crippen LogP contribution in [0.1, 0.15) is 51.2 Å². The van der Waals surface area contributed by atoms with Crippen LogP contribution in [-0.2, 0) is 16.7 Å².